The average molecular weight is 229 g/mol. The number of carboxylic acids is 1. The fourth-order valence-electron chi connectivity index (χ4n) is 2.43. The van der Waals surface area contributed by atoms with Gasteiger partial charge in [0.25, 0.3) is 0 Å². The van der Waals surface area contributed by atoms with Crippen LogP contribution in [0.2, 0.25) is 0 Å². The number of carbonyl (C=O) groups is 1. The molecule has 4 nitrogen and oxygen atoms in total. The van der Waals surface area contributed by atoms with E-state index in [-0.39, 0.29) is 18.6 Å². The Morgan fingerprint density at radius 3 is 2.56 bits per heavy atom. The van der Waals surface area contributed by atoms with Crippen molar-refractivity contribution in [1.82, 2.24) is 4.90 Å². The van der Waals surface area contributed by atoms with Crippen LogP contribution in [-0.2, 0) is 4.79 Å². The molecule has 1 heterocycles. The largest absolute Gasteiger partial charge is 0.481 e. The molecule has 0 aliphatic carbocycles. The van der Waals surface area contributed by atoms with Gasteiger partial charge in [-0.25, -0.2) is 0 Å². The van der Waals surface area contributed by atoms with Crippen LogP contribution in [0.3, 0.4) is 0 Å². The molecule has 2 atom stereocenters. The number of unbranched alkanes of at least 4 members (excludes halogenated alkanes) is 3. The highest BCUT2D eigenvalue weighted by molar-refractivity contribution is 5.71. The van der Waals surface area contributed by atoms with Gasteiger partial charge >= 0.3 is 5.97 Å². The molecule has 1 rings (SSSR count). The van der Waals surface area contributed by atoms with Crippen molar-refractivity contribution in [2.75, 3.05) is 19.7 Å². The first-order valence-electron chi connectivity index (χ1n) is 6.24. The van der Waals surface area contributed by atoms with Crippen LogP contribution in [0.25, 0.3) is 0 Å². The Morgan fingerprint density at radius 1 is 1.31 bits per heavy atom. The maximum atomic E-state index is 10.9. The van der Waals surface area contributed by atoms with Crippen molar-refractivity contribution < 1.29 is 15.0 Å². The highest BCUT2D eigenvalue weighted by Crippen LogP contribution is 2.24. The molecule has 94 valence electrons. The van der Waals surface area contributed by atoms with Gasteiger partial charge in [-0.1, -0.05) is 12.8 Å². The SMILES string of the molecule is CC1C(C(=O)O)CCN1CCCCCCO. The number of nitrogens with zero attached hydrogens (tertiary/aromatic N) is 1. The lowest BCUT2D eigenvalue weighted by atomic mass is 10.0. The third-order valence-electron chi connectivity index (χ3n) is 3.56. The molecule has 0 amide bonds. The summed E-state index contributed by atoms with van der Waals surface area (Å²) in [5.41, 5.74) is 0. The second kappa shape index (κ2) is 6.86. The maximum absolute atomic E-state index is 10.9. The van der Waals surface area contributed by atoms with E-state index >= 15 is 0 Å². The molecule has 2 N–H and O–H groups in total. The normalized spacial score (nSPS) is 26.1. The zero-order chi connectivity index (χ0) is 12.0. The number of aliphatic carboxylic acids is 1. The van der Waals surface area contributed by atoms with Crippen molar-refractivity contribution >= 4 is 5.97 Å². The smallest absolute Gasteiger partial charge is 0.308 e. The standard InChI is InChI=1S/C12H23NO3/c1-10-11(12(15)16)6-8-13(10)7-4-2-3-5-9-14/h10-11,14H,2-9H2,1H3,(H,15,16). The third kappa shape index (κ3) is 3.76. The van der Waals surface area contributed by atoms with Crippen LogP contribution >= 0.6 is 0 Å². The lowest BCUT2D eigenvalue weighted by molar-refractivity contribution is -0.142. The van der Waals surface area contributed by atoms with Crippen LogP contribution < -0.4 is 0 Å². The quantitative estimate of drug-likeness (QED) is 0.647. The van der Waals surface area contributed by atoms with Crippen LogP contribution in [0.4, 0.5) is 0 Å². The number of likely N-dealkylation sites (tertiary alicyclic amines) is 1. The van der Waals surface area contributed by atoms with Crippen molar-refractivity contribution in [1.29, 1.82) is 0 Å². The van der Waals surface area contributed by atoms with Gasteiger partial charge in [0.15, 0.2) is 0 Å². The molecule has 1 aliphatic heterocycles. The fourth-order valence-corrected chi connectivity index (χ4v) is 2.43. The van der Waals surface area contributed by atoms with Crippen LogP contribution in [0, 0.1) is 5.92 Å². The summed E-state index contributed by atoms with van der Waals surface area (Å²) in [6, 6.07) is 0.176. The zero-order valence-electron chi connectivity index (χ0n) is 10.1. The minimum atomic E-state index is -0.657. The molecular weight excluding hydrogens is 206 g/mol. The van der Waals surface area contributed by atoms with Gasteiger partial charge in [0, 0.05) is 12.6 Å². The number of aliphatic hydroxyl groups excluding tert-OH is 1. The summed E-state index contributed by atoms with van der Waals surface area (Å²) in [7, 11) is 0. The van der Waals surface area contributed by atoms with Gasteiger partial charge in [0.1, 0.15) is 0 Å². The van der Waals surface area contributed by atoms with E-state index in [1.807, 2.05) is 6.92 Å². The van der Waals surface area contributed by atoms with Gasteiger partial charge < -0.3 is 10.2 Å². The molecule has 4 heteroatoms. The van der Waals surface area contributed by atoms with Crippen molar-refractivity contribution in [3.05, 3.63) is 0 Å². The van der Waals surface area contributed by atoms with Gasteiger partial charge in [-0.15, -0.1) is 0 Å². The van der Waals surface area contributed by atoms with Crippen molar-refractivity contribution in [3.8, 4) is 0 Å². The molecule has 1 aliphatic rings. The molecular formula is C12H23NO3. The summed E-state index contributed by atoms with van der Waals surface area (Å²) in [4.78, 5) is 13.2. The monoisotopic (exact) mass is 229 g/mol. The molecule has 0 bridgehead atoms. The Bertz CT molecular complexity index is 220. The Hall–Kier alpha value is -0.610. The second-order valence-corrected chi connectivity index (χ2v) is 4.65. The van der Waals surface area contributed by atoms with Gasteiger partial charge in [0.05, 0.1) is 5.92 Å². The van der Waals surface area contributed by atoms with Gasteiger partial charge in [-0.05, 0) is 39.3 Å². The molecule has 0 aromatic heterocycles. The number of aliphatic hydroxyl groups is 1. The van der Waals surface area contributed by atoms with Crippen LogP contribution in [0.1, 0.15) is 39.0 Å². The Kier molecular flexibility index (Phi) is 5.77. The highest BCUT2D eigenvalue weighted by atomic mass is 16.4. The van der Waals surface area contributed by atoms with E-state index in [1.165, 1.54) is 0 Å². The molecule has 1 fully saturated rings. The Balaban J connectivity index is 2.16. The van der Waals surface area contributed by atoms with Crippen molar-refractivity contribution in [2.45, 2.75) is 45.1 Å². The summed E-state index contributed by atoms with van der Waals surface area (Å²) in [6.45, 7) is 4.20. The van der Waals surface area contributed by atoms with Gasteiger partial charge in [-0.3, -0.25) is 9.69 Å². The second-order valence-electron chi connectivity index (χ2n) is 4.65. The number of rotatable bonds is 7. The number of hydrogen-bond donors (Lipinski definition) is 2. The maximum Gasteiger partial charge on any atom is 0.308 e. The summed E-state index contributed by atoms with van der Waals surface area (Å²) in [5, 5.41) is 17.6. The Morgan fingerprint density at radius 2 is 2.00 bits per heavy atom. The van der Waals surface area contributed by atoms with E-state index < -0.39 is 5.97 Å². The predicted octanol–water partition coefficient (Wildman–Crippen LogP) is 1.33. The predicted molar refractivity (Wildman–Crippen MR) is 62.3 cm³/mol. The average Bonchev–Trinajstić information content (AvgIpc) is 2.60. The zero-order valence-corrected chi connectivity index (χ0v) is 10.1. The molecule has 16 heavy (non-hydrogen) atoms. The molecule has 0 aromatic rings. The minimum Gasteiger partial charge on any atom is -0.481 e. The molecule has 2 unspecified atom stereocenters. The summed E-state index contributed by atoms with van der Waals surface area (Å²) >= 11 is 0. The summed E-state index contributed by atoms with van der Waals surface area (Å²) in [6.07, 6.45) is 4.97. The molecule has 1 saturated heterocycles. The van der Waals surface area contributed by atoms with Gasteiger partial charge in [0.2, 0.25) is 0 Å². The first-order valence-corrected chi connectivity index (χ1v) is 6.24. The van der Waals surface area contributed by atoms with E-state index in [1.54, 1.807) is 0 Å². The number of hydrogen-bond acceptors (Lipinski definition) is 3. The van der Waals surface area contributed by atoms with Crippen LogP contribution in [0.15, 0.2) is 0 Å². The first-order chi connectivity index (χ1) is 7.66. The van der Waals surface area contributed by atoms with E-state index in [2.05, 4.69) is 4.90 Å². The summed E-state index contributed by atoms with van der Waals surface area (Å²) in [5.74, 6) is -0.840. The minimum absolute atomic E-state index is 0.176. The summed E-state index contributed by atoms with van der Waals surface area (Å²) < 4.78 is 0. The fraction of sp³-hybridized carbons (Fsp3) is 0.917. The van der Waals surface area contributed by atoms with E-state index in [9.17, 15) is 4.79 Å². The van der Waals surface area contributed by atoms with E-state index in [0.717, 1.165) is 45.2 Å². The van der Waals surface area contributed by atoms with Crippen LogP contribution in [-0.4, -0.2) is 46.8 Å². The van der Waals surface area contributed by atoms with E-state index in [0.29, 0.717) is 0 Å². The van der Waals surface area contributed by atoms with Crippen molar-refractivity contribution in [2.24, 2.45) is 5.92 Å². The van der Waals surface area contributed by atoms with Crippen molar-refractivity contribution in [3.63, 3.8) is 0 Å². The highest BCUT2D eigenvalue weighted by Gasteiger charge is 2.34. The molecule has 0 aromatic carbocycles. The van der Waals surface area contributed by atoms with Gasteiger partial charge in [-0.2, -0.15) is 0 Å². The molecule has 0 radical (unpaired) electrons. The lowest BCUT2D eigenvalue weighted by Gasteiger charge is -2.22. The molecule has 0 saturated carbocycles. The topological polar surface area (TPSA) is 60.8 Å². The Labute approximate surface area is 97.3 Å². The molecule has 0 spiro atoms. The van der Waals surface area contributed by atoms with E-state index in [4.69, 9.17) is 10.2 Å². The lowest BCUT2D eigenvalue weighted by Crippen LogP contribution is -2.33. The third-order valence-corrected chi connectivity index (χ3v) is 3.56. The number of carboxylic acid groups (broad SMARTS) is 1. The first kappa shape index (κ1) is 13.5. The van der Waals surface area contributed by atoms with Crippen LogP contribution in [0.5, 0.6) is 0 Å².